The second kappa shape index (κ2) is 6.30. The molecule has 0 bridgehead atoms. The van der Waals surface area contributed by atoms with Crippen LogP contribution < -0.4 is 15.2 Å². The molecule has 0 aliphatic carbocycles. The summed E-state index contributed by atoms with van der Waals surface area (Å²) in [6, 6.07) is 5.25. The highest BCUT2D eigenvalue weighted by Crippen LogP contribution is 2.22. The van der Waals surface area contributed by atoms with Gasteiger partial charge in [-0.1, -0.05) is 12.2 Å². The lowest BCUT2D eigenvalue weighted by Gasteiger charge is -2.09. The van der Waals surface area contributed by atoms with Gasteiger partial charge in [-0.3, -0.25) is 0 Å². The van der Waals surface area contributed by atoms with Crippen molar-refractivity contribution in [1.29, 1.82) is 0 Å². The Morgan fingerprint density at radius 3 is 2.62 bits per heavy atom. The third-order valence-corrected chi connectivity index (χ3v) is 2.21. The number of ether oxygens (including phenoxy) is 2. The normalized spacial score (nSPS) is 9.88. The third-order valence-electron chi connectivity index (χ3n) is 1.97. The zero-order valence-electron chi connectivity index (χ0n) is 9.10. The lowest BCUT2D eigenvalue weighted by molar-refractivity contribution is 0.233. The zero-order chi connectivity index (χ0) is 12.0. The van der Waals surface area contributed by atoms with Gasteiger partial charge in [0.25, 0.3) is 0 Å². The van der Waals surface area contributed by atoms with Gasteiger partial charge in [-0.15, -0.1) is 0 Å². The van der Waals surface area contributed by atoms with Gasteiger partial charge in [-0.2, -0.15) is 0 Å². The third kappa shape index (κ3) is 3.67. The molecule has 3 N–H and O–H groups in total. The molecule has 1 aromatic rings. The second-order valence-electron chi connectivity index (χ2n) is 3.19. The summed E-state index contributed by atoms with van der Waals surface area (Å²) in [5, 5.41) is 8.64. The summed E-state index contributed by atoms with van der Waals surface area (Å²) in [5.74, 6) is 1.28. The van der Waals surface area contributed by atoms with Crippen molar-refractivity contribution in [2.75, 3.05) is 20.3 Å². The molecule has 0 saturated carbocycles. The van der Waals surface area contributed by atoms with Crippen LogP contribution in [0.15, 0.2) is 18.2 Å². The number of thiocarbonyl (C=S) groups is 1. The Morgan fingerprint density at radius 1 is 1.38 bits per heavy atom. The average molecular weight is 241 g/mol. The molecule has 0 atom stereocenters. The van der Waals surface area contributed by atoms with E-state index >= 15 is 0 Å². The van der Waals surface area contributed by atoms with Crippen LogP contribution in [-0.4, -0.2) is 30.4 Å². The molecule has 88 valence electrons. The van der Waals surface area contributed by atoms with Crippen LogP contribution in [0.1, 0.15) is 12.0 Å². The number of hydrogen-bond donors (Lipinski definition) is 2. The molecule has 5 heteroatoms. The minimum Gasteiger partial charge on any atom is -0.497 e. The fourth-order valence-corrected chi connectivity index (χ4v) is 1.29. The first-order chi connectivity index (χ1) is 7.67. The summed E-state index contributed by atoms with van der Waals surface area (Å²) in [6.07, 6.45) is 0.583. The minimum absolute atomic E-state index is 0.103. The van der Waals surface area contributed by atoms with Crippen LogP contribution in [0.3, 0.4) is 0 Å². The molecule has 0 aliphatic rings. The minimum atomic E-state index is 0.103. The molecule has 16 heavy (non-hydrogen) atoms. The lowest BCUT2D eigenvalue weighted by atomic mass is 10.2. The van der Waals surface area contributed by atoms with Gasteiger partial charge in [0, 0.05) is 24.7 Å². The van der Waals surface area contributed by atoms with Crippen LogP contribution in [0.4, 0.5) is 0 Å². The number of rotatable bonds is 6. The van der Waals surface area contributed by atoms with Crippen LogP contribution in [0, 0.1) is 0 Å². The largest absolute Gasteiger partial charge is 0.497 e. The van der Waals surface area contributed by atoms with Crippen molar-refractivity contribution in [3.8, 4) is 11.5 Å². The van der Waals surface area contributed by atoms with Crippen molar-refractivity contribution in [3.05, 3.63) is 23.8 Å². The molecule has 0 aliphatic heterocycles. The molecule has 0 heterocycles. The summed E-state index contributed by atoms with van der Waals surface area (Å²) >= 11 is 4.89. The van der Waals surface area contributed by atoms with Crippen LogP contribution in [0.25, 0.3) is 0 Å². The van der Waals surface area contributed by atoms with Gasteiger partial charge in [0.15, 0.2) is 0 Å². The van der Waals surface area contributed by atoms with Crippen LogP contribution in [0.2, 0.25) is 0 Å². The molecule has 0 amide bonds. The van der Waals surface area contributed by atoms with E-state index in [1.54, 1.807) is 25.3 Å². The van der Waals surface area contributed by atoms with E-state index in [2.05, 4.69) is 0 Å². The van der Waals surface area contributed by atoms with E-state index < -0.39 is 0 Å². The fraction of sp³-hybridized carbons (Fsp3) is 0.364. The zero-order valence-corrected chi connectivity index (χ0v) is 9.92. The van der Waals surface area contributed by atoms with Crippen molar-refractivity contribution in [1.82, 2.24) is 0 Å². The Labute approximate surface area is 100.0 Å². The smallest absolute Gasteiger partial charge is 0.123 e. The average Bonchev–Trinajstić information content (AvgIpc) is 2.29. The number of hydrogen-bond acceptors (Lipinski definition) is 4. The van der Waals surface area contributed by atoms with Crippen LogP contribution >= 0.6 is 12.2 Å². The molecule has 0 fully saturated rings. The molecule has 0 unspecified atom stereocenters. The van der Waals surface area contributed by atoms with Gasteiger partial charge in [0.05, 0.1) is 13.7 Å². The van der Waals surface area contributed by atoms with E-state index in [1.807, 2.05) is 0 Å². The van der Waals surface area contributed by atoms with Crippen molar-refractivity contribution in [2.24, 2.45) is 5.73 Å². The predicted molar refractivity (Wildman–Crippen MR) is 66.1 cm³/mol. The van der Waals surface area contributed by atoms with Crippen LogP contribution in [-0.2, 0) is 0 Å². The SMILES string of the molecule is COc1cc(OCCCO)cc(C(N)=S)c1. The summed E-state index contributed by atoms with van der Waals surface area (Å²) in [6.45, 7) is 0.548. The highest BCUT2D eigenvalue weighted by atomic mass is 32.1. The highest BCUT2D eigenvalue weighted by molar-refractivity contribution is 7.80. The highest BCUT2D eigenvalue weighted by Gasteiger charge is 2.04. The van der Waals surface area contributed by atoms with E-state index in [1.165, 1.54) is 0 Å². The Hall–Kier alpha value is -1.33. The quantitative estimate of drug-likeness (QED) is 0.576. The molecular weight excluding hydrogens is 226 g/mol. The molecule has 0 spiro atoms. The summed E-state index contributed by atoms with van der Waals surface area (Å²) < 4.78 is 10.5. The van der Waals surface area contributed by atoms with E-state index in [0.717, 1.165) is 0 Å². The van der Waals surface area contributed by atoms with Crippen molar-refractivity contribution >= 4 is 17.2 Å². The molecule has 4 nitrogen and oxygen atoms in total. The van der Waals surface area contributed by atoms with Gasteiger partial charge in [0.1, 0.15) is 16.5 Å². The number of methoxy groups -OCH3 is 1. The summed E-state index contributed by atoms with van der Waals surface area (Å²) in [5.41, 5.74) is 6.24. The summed E-state index contributed by atoms with van der Waals surface area (Å²) in [7, 11) is 1.57. The molecule has 0 aromatic heterocycles. The Balaban J connectivity index is 2.82. The first-order valence-electron chi connectivity index (χ1n) is 4.90. The topological polar surface area (TPSA) is 64.7 Å². The molecule has 1 rings (SSSR count). The van der Waals surface area contributed by atoms with E-state index in [9.17, 15) is 0 Å². The number of nitrogens with two attached hydrogens (primary N) is 1. The van der Waals surface area contributed by atoms with Gasteiger partial charge in [0.2, 0.25) is 0 Å². The maximum absolute atomic E-state index is 8.64. The Kier molecular flexibility index (Phi) is 5.01. The molecule has 0 radical (unpaired) electrons. The Morgan fingerprint density at radius 2 is 2.06 bits per heavy atom. The van der Waals surface area contributed by atoms with Gasteiger partial charge < -0.3 is 20.3 Å². The van der Waals surface area contributed by atoms with Gasteiger partial charge in [-0.05, 0) is 12.1 Å². The van der Waals surface area contributed by atoms with E-state index in [4.69, 9.17) is 32.5 Å². The Bertz CT molecular complexity index is 368. The van der Waals surface area contributed by atoms with Crippen molar-refractivity contribution < 1.29 is 14.6 Å². The van der Waals surface area contributed by atoms with Crippen LogP contribution in [0.5, 0.6) is 11.5 Å². The number of aliphatic hydroxyl groups is 1. The summed E-state index contributed by atoms with van der Waals surface area (Å²) in [4.78, 5) is 0.297. The van der Waals surface area contributed by atoms with E-state index in [-0.39, 0.29) is 6.61 Å². The molecular formula is C11H15NO3S. The fourth-order valence-electron chi connectivity index (χ4n) is 1.17. The second-order valence-corrected chi connectivity index (χ2v) is 3.63. The van der Waals surface area contributed by atoms with Crippen molar-refractivity contribution in [2.45, 2.75) is 6.42 Å². The number of benzene rings is 1. The van der Waals surface area contributed by atoms with Crippen molar-refractivity contribution in [3.63, 3.8) is 0 Å². The number of aliphatic hydroxyl groups excluding tert-OH is 1. The first kappa shape index (κ1) is 12.7. The maximum Gasteiger partial charge on any atom is 0.123 e. The standard InChI is InChI=1S/C11H15NO3S/c1-14-9-5-8(11(12)16)6-10(7-9)15-4-2-3-13/h5-7,13H,2-4H2,1H3,(H2,12,16). The monoisotopic (exact) mass is 241 g/mol. The lowest BCUT2D eigenvalue weighted by Crippen LogP contribution is -2.10. The maximum atomic E-state index is 8.64. The first-order valence-corrected chi connectivity index (χ1v) is 5.30. The predicted octanol–water partition coefficient (Wildman–Crippen LogP) is 1.09. The molecule has 1 aromatic carbocycles. The molecule has 0 saturated heterocycles. The van der Waals surface area contributed by atoms with Gasteiger partial charge >= 0.3 is 0 Å². The van der Waals surface area contributed by atoms with E-state index in [0.29, 0.717) is 35.1 Å². The van der Waals surface area contributed by atoms with Gasteiger partial charge in [-0.25, -0.2) is 0 Å².